The molecule has 0 atom stereocenters. The Morgan fingerprint density at radius 3 is 2.54 bits per heavy atom. The van der Waals surface area contributed by atoms with E-state index in [-0.39, 0.29) is 11.1 Å². The maximum atomic E-state index is 12.6. The second-order valence-corrected chi connectivity index (χ2v) is 7.03. The van der Waals surface area contributed by atoms with Gasteiger partial charge in [0, 0.05) is 18.5 Å². The molecule has 2 heterocycles. The standard InChI is InChI=1S/C20H25NO4S/c1-14(17-10-8-12-26-17)13-16-18(20(23)25-4)15(19(22)24-3)9-6-5-7-11-21(16)2/h8-10,12-13H,5-7,11H2,1-4H3/b14-13+,15-9+,18-16+. The molecule has 0 aliphatic carbocycles. The van der Waals surface area contributed by atoms with Gasteiger partial charge in [-0.1, -0.05) is 12.1 Å². The molecule has 0 unspecified atom stereocenters. The molecule has 5 nitrogen and oxygen atoms in total. The number of rotatable bonds is 4. The lowest BCUT2D eigenvalue weighted by Crippen LogP contribution is -2.25. The first-order valence-electron chi connectivity index (χ1n) is 8.54. The summed E-state index contributed by atoms with van der Waals surface area (Å²) in [4.78, 5) is 28.1. The van der Waals surface area contributed by atoms with Crippen LogP contribution in [0, 0.1) is 0 Å². The minimum atomic E-state index is -0.541. The van der Waals surface area contributed by atoms with E-state index in [4.69, 9.17) is 9.47 Å². The summed E-state index contributed by atoms with van der Waals surface area (Å²) in [6.07, 6.45) is 6.33. The van der Waals surface area contributed by atoms with Gasteiger partial charge in [-0.3, -0.25) is 0 Å². The second-order valence-electron chi connectivity index (χ2n) is 6.08. The number of carbonyl (C=O) groups excluding carboxylic acids is 2. The van der Waals surface area contributed by atoms with Crippen molar-refractivity contribution in [1.29, 1.82) is 0 Å². The van der Waals surface area contributed by atoms with Crippen molar-refractivity contribution < 1.29 is 19.1 Å². The molecule has 0 N–H and O–H groups in total. The number of carbonyl (C=O) groups is 2. The molecule has 0 saturated carbocycles. The summed E-state index contributed by atoms with van der Waals surface area (Å²) in [5.41, 5.74) is 2.20. The van der Waals surface area contributed by atoms with E-state index in [1.807, 2.05) is 42.5 Å². The molecular formula is C20H25NO4S. The molecule has 26 heavy (non-hydrogen) atoms. The van der Waals surface area contributed by atoms with E-state index in [9.17, 15) is 9.59 Å². The number of methoxy groups -OCH3 is 2. The van der Waals surface area contributed by atoms with Crippen molar-refractivity contribution in [2.45, 2.75) is 26.2 Å². The van der Waals surface area contributed by atoms with E-state index < -0.39 is 11.9 Å². The van der Waals surface area contributed by atoms with E-state index in [0.717, 1.165) is 29.8 Å². The van der Waals surface area contributed by atoms with Crippen LogP contribution in [0.3, 0.4) is 0 Å². The molecule has 1 aliphatic heterocycles. The minimum Gasteiger partial charge on any atom is -0.465 e. The highest BCUT2D eigenvalue weighted by molar-refractivity contribution is 7.11. The van der Waals surface area contributed by atoms with Crippen LogP contribution in [-0.4, -0.2) is 44.7 Å². The van der Waals surface area contributed by atoms with Crippen LogP contribution in [0.15, 0.2) is 46.5 Å². The maximum absolute atomic E-state index is 12.6. The smallest absolute Gasteiger partial charge is 0.340 e. The Hall–Kier alpha value is -2.34. The normalized spacial score (nSPS) is 21.2. The number of allylic oxidation sites excluding steroid dienone is 3. The highest BCUT2D eigenvalue weighted by atomic mass is 32.1. The van der Waals surface area contributed by atoms with Crippen LogP contribution in [0.5, 0.6) is 0 Å². The number of esters is 2. The van der Waals surface area contributed by atoms with Crippen molar-refractivity contribution in [3.05, 3.63) is 51.4 Å². The molecule has 0 bridgehead atoms. The van der Waals surface area contributed by atoms with Crippen LogP contribution in [0.25, 0.3) is 5.57 Å². The van der Waals surface area contributed by atoms with Gasteiger partial charge in [0.25, 0.3) is 0 Å². The number of ether oxygens (including phenoxy) is 2. The first-order chi connectivity index (χ1) is 12.5. The number of hydrogen-bond acceptors (Lipinski definition) is 6. The average Bonchev–Trinajstić information content (AvgIpc) is 3.19. The lowest BCUT2D eigenvalue weighted by atomic mass is 10.00. The van der Waals surface area contributed by atoms with Gasteiger partial charge in [0.15, 0.2) is 0 Å². The number of nitrogens with zero attached hydrogens (tertiary/aromatic N) is 1. The average molecular weight is 375 g/mol. The first kappa shape index (κ1) is 20.0. The monoisotopic (exact) mass is 375 g/mol. The van der Waals surface area contributed by atoms with Crippen molar-refractivity contribution in [2.75, 3.05) is 27.8 Å². The van der Waals surface area contributed by atoms with Crippen LogP contribution in [0.1, 0.15) is 31.1 Å². The highest BCUT2D eigenvalue weighted by Crippen LogP contribution is 2.28. The van der Waals surface area contributed by atoms with Gasteiger partial charge < -0.3 is 14.4 Å². The van der Waals surface area contributed by atoms with Crippen molar-refractivity contribution in [2.24, 2.45) is 0 Å². The summed E-state index contributed by atoms with van der Waals surface area (Å²) in [5.74, 6) is -1.07. The van der Waals surface area contributed by atoms with Crippen LogP contribution in [0.2, 0.25) is 0 Å². The molecule has 1 aromatic heterocycles. The zero-order valence-corrected chi connectivity index (χ0v) is 16.5. The van der Waals surface area contributed by atoms with E-state index in [1.54, 1.807) is 17.4 Å². The third kappa shape index (κ3) is 4.64. The van der Waals surface area contributed by atoms with Crippen molar-refractivity contribution in [3.8, 4) is 0 Å². The fraction of sp³-hybridized carbons (Fsp3) is 0.400. The predicted octanol–water partition coefficient (Wildman–Crippen LogP) is 3.79. The van der Waals surface area contributed by atoms with Gasteiger partial charge >= 0.3 is 11.9 Å². The highest BCUT2D eigenvalue weighted by Gasteiger charge is 2.28. The SMILES string of the molecule is COC(=O)C1=C/CCCCN(C)C(/C=C(\C)c2cccs2)=C\1C(=O)OC. The van der Waals surface area contributed by atoms with Crippen molar-refractivity contribution >= 4 is 28.8 Å². The summed E-state index contributed by atoms with van der Waals surface area (Å²) >= 11 is 1.63. The Balaban J connectivity index is 2.70. The Morgan fingerprint density at radius 2 is 1.92 bits per heavy atom. The summed E-state index contributed by atoms with van der Waals surface area (Å²) < 4.78 is 9.93. The molecule has 0 amide bonds. The fourth-order valence-corrected chi connectivity index (χ4v) is 3.57. The van der Waals surface area contributed by atoms with Gasteiger partial charge in [-0.25, -0.2) is 9.59 Å². The summed E-state index contributed by atoms with van der Waals surface area (Å²) in [7, 11) is 4.57. The quantitative estimate of drug-likeness (QED) is 0.750. The molecule has 0 saturated heterocycles. The molecule has 2 rings (SSSR count). The van der Waals surface area contributed by atoms with E-state index in [2.05, 4.69) is 0 Å². The molecule has 1 aliphatic rings. The molecule has 0 fully saturated rings. The molecule has 1 aromatic rings. The number of thiophene rings is 1. The van der Waals surface area contributed by atoms with Crippen LogP contribution in [0.4, 0.5) is 0 Å². The largest absolute Gasteiger partial charge is 0.465 e. The Morgan fingerprint density at radius 1 is 1.19 bits per heavy atom. The molecule has 0 spiro atoms. The fourth-order valence-electron chi connectivity index (χ4n) is 2.86. The molecule has 140 valence electrons. The van der Waals surface area contributed by atoms with E-state index in [0.29, 0.717) is 12.1 Å². The third-order valence-corrected chi connectivity index (χ3v) is 5.30. The van der Waals surface area contributed by atoms with Gasteiger partial charge in [0.05, 0.1) is 31.1 Å². The van der Waals surface area contributed by atoms with Crippen LogP contribution < -0.4 is 0 Å². The molecule has 6 heteroatoms. The number of likely N-dealkylation sites (N-methyl/N-ethyl adjacent to an activating group) is 1. The molecule has 0 aromatic carbocycles. The summed E-state index contributed by atoms with van der Waals surface area (Å²) in [6, 6.07) is 4.01. The second kappa shape index (κ2) is 9.38. The van der Waals surface area contributed by atoms with Crippen LogP contribution in [-0.2, 0) is 19.1 Å². The van der Waals surface area contributed by atoms with Gasteiger partial charge in [-0.05, 0) is 49.3 Å². The zero-order chi connectivity index (χ0) is 19.1. The zero-order valence-electron chi connectivity index (χ0n) is 15.7. The summed E-state index contributed by atoms with van der Waals surface area (Å²) in [5, 5.41) is 2.01. The number of hydrogen-bond donors (Lipinski definition) is 0. The van der Waals surface area contributed by atoms with Gasteiger partial charge in [-0.2, -0.15) is 0 Å². The lowest BCUT2D eigenvalue weighted by molar-refractivity contribution is -0.139. The first-order valence-corrected chi connectivity index (χ1v) is 9.42. The lowest BCUT2D eigenvalue weighted by Gasteiger charge is -2.23. The van der Waals surface area contributed by atoms with Gasteiger partial charge in [-0.15, -0.1) is 11.3 Å². The van der Waals surface area contributed by atoms with Gasteiger partial charge in [0.1, 0.15) is 0 Å². The van der Waals surface area contributed by atoms with Crippen molar-refractivity contribution in [3.63, 3.8) is 0 Å². The van der Waals surface area contributed by atoms with Gasteiger partial charge in [0.2, 0.25) is 0 Å². The topological polar surface area (TPSA) is 55.8 Å². The van der Waals surface area contributed by atoms with E-state index in [1.165, 1.54) is 14.2 Å². The predicted molar refractivity (Wildman–Crippen MR) is 104 cm³/mol. The van der Waals surface area contributed by atoms with Crippen LogP contribution >= 0.6 is 11.3 Å². The Bertz CT molecular complexity index is 744. The Kier molecular flexibility index (Phi) is 7.21. The molecular weight excluding hydrogens is 350 g/mol. The van der Waals surface area contributed by atoms with Crippen molar-refractivity contribution in [1.82, 2.24) is 4.90 Å². The van der Waals surface area contributed by atoms with E-state index >= 15 is 0 Å². The minimum absolute atomic E-state index is 0.250. The third-order valence-electron chi connectivity index (χ3n) is 4.29. The summed E-state index contributed by atoms with van der Waals surface area (Å²) in [6.45, 7) is 2.78. The maximum Gasteiger partial charge on any atom is 0.340 e. The molecule has 0 radical (unpaired) electrons. The Labute approximate surface area is 158 Å².